The van der Waals surface area contributed by atoms with Crippen LogP contribution in [0.5, 0.6) is 0 Å². The van der Waals surface area contributed by atoms with Gasteiger partial charge in [-0.05, 0) is 20.8 Å². The number of quaternary nitrogens is 1. The van der Waals surface area contributed by atoms with E-state index >= 15 is 0 Å². The van der Waals surface area contributed by atoms with Gasteiger partial charge in [0.1, 0.15) is 0 Å². The molecule has 2 N–H and O–H groups in total. The number of hydrogen-bond acceptors (Lipinski definition) is 0. The molecule has 0 aromatic heterocycles. The summed E-state index contributed by atoms with van der Waals surface area (Å²) in [5, 5.41) is 0. The minimum absolute atomic E-state index is 0. The lowest BCUT2D eigenvalue weighted by Gasteiger charge is -2.30. The minimum Gasteiger partial charge on any atom is -1.00 e. The second kappa shape index (κ2) is 7.51. The van der Waals surface area contributed by atoms with E-state index in [0.717, 1.165) is 0 Å². The van der Waals surface area contributed by atoms with Crippen molar-refractivity contribution in [3.63, 3.8) is 0 Å². The Hall–Kier alpha value is 0.400. The van der Waals surface area contributed by atoms with E-state index in [9.17, 15) is 0 Å². The maximum absolute atomic E-state index is 2.29. The average molecular weight is 214 g/mol. The van der Waals surface area contributed by atoms with Gasteiger partial charge in [0.15, 0.2) is 0 Å². The monoisotopic (exact) mass is 213 g/mol. The summed E-state index contributed by atoms with van der Waals surface area (Å²) in [6.45, 7) is 10.5. The van der Waals surface area contributed by atoms with Gasteiger partial charge in [-0.3, -0.25) is 0 Å². The third kappa shape index (κ3) is 5.21. The average Bonchev–Trinajstić information content (AvgIpc) is 1.87. The summed E-state index contributed by atoms with van der Waals surface area (Å²) in [5.74, 6) is 0. The fraction of sp³-hybridized carbons (Fsp3) is 1.00. The highest BCUT2D eigenvalue weighted by molar-refractivity contribution is 4.24. The van der Waals surface area contributed by atoms with E-state index in [-0.39, 0.29) is 22.5 Å². The number of halogens is 1. The van der Waals surface area contributed by atoms with E-state index in [1.807, 2.05) is 0 Å². The topological polar surface area (TPSA) is 31.5 Å². The fourth-order valence-corrected chi connectivity index (χ4v) is 0.671. The van der Waals surface area contributed by atoms with Crippen molar-refractivity contribution in [3.8, 4) is 0 Å². The molecule has 10 heavy (non-hydrogen) atoms. The molecule has 0 atom stereocenters. The molecule has 0 aliphatic heterocycles. The number of rotatable bonds is 3. The Morgan fingerprint density at radius 2 is 1.10 bits per heavy atom. The van der Waals surface area contributed by atoms with Gasteiger partial charge in [-0.1, -0.05) is 0 Å². The van der Waals surface area contributed by atoms with Crippen molar-refractivity contribution in [3.05, 3.63) is 0 Å². The summed E-state index contributed by atoms with van der Waals surface area (Å²) in [6, 6.07) is 0. The van der Waals surface area contributed by atoms with Crippen molar-refractivity contribution in [2.75, 3.05) is 26.7 Å². The Morgan fingerprint density at radius 1 is 0.900 bits per heavy atom. The highest BCUT2D eigenvalue weighted by atomic mass is 79.9. The van der Waals surface area contributed by atoms with Crippen LogP contribution in [0.1, 0.15) is 20.8 Å². The molecule has 0 fully saturated rings. The molecule has 2 nitrogen and oxygen atoms in total. The van der Waals surface area contributed by atoms with Crippen molar-refractivity contribution in [1.82, 2.24) is 0 Å². The molecule has 0 saturated carbocycles. The Labute approximate surface area is 74.9 Å². The first-order valence-electron chi connectivity index (χ1n) is 3.52. The lowest BCUT2D eigenvalue weighted by atomic mass is 10.4. The molecule has 0 aliphatic rings. The van der Waals surface area contributed by atoms with Crippen LogP contribution in [0.2, 0.25) is 0 Å². The van der Waals surface area contributed by atoms with Gasteiger partial charge in [0.05, 0.1) is 26.7 Å². The van der Waals surface area contributed by atoms with Crippen LogP contribution in [0, 0.1) is 0 Å². The first-order chi connectivity index (χ1) is 3.68. The molecule has 0 rings (SSSR count). The van der Waals surface area contributed by atoms with E-state index < -0.39 is 0 Å². The summed E-state index contributed by atoms with van der Waals surface area (Å²) in [4.78, 5) is 0. The predicted octanol–water partition coefficient (Wildman–Crippen LogP) is -2.33. The third-order valence-electron chi connectivity index (χ3n) is 2.29. The predicted molar refractivity (Wildman–Crippen MR) is 41.4 cm³/mol. The van der Waals surface area contributed by atoms with Crippen molar-refractivity contribution < 1.29 is 26.9 Å². The van der Waals surface area contributed by atoms with Gasteiger partial charge in [0.25, 0.3) is 0 Å². The lowest BCUT2D eigenvalue weighted by molar-refractivity contribution is -0.904. The van der Waals surface area contributed by atoms with Crippen LogP contribution < -0.4 is 17.0 Å². The van der Waals surface area contributed by atoms with E-state index in [2.05, 4.69) is 27.8 Å². The zero-order valence-corrected chi connectivity index (χ0v) is 9.03. The van der Waals surface area contributed by atoms with Crippen LogP contribution in [0.25, 0.3) is 0 Å². The van der Waals surface area contributed by atoms with E-state index in [0.29, 0.717) is 0 Å². The molecular formula is C7H20BrNO. The molecule has 0 aliphatic carbocycles. The maximum Gasteiger partial charge on any atom is 0.0755 e. The highest BCUT2D eigenvalue weighted by Crippen LogP contribution is 1.97. The Bertz CT molecular complexity index is 56.4. The molecule has 0 bridgehead atoms. The molecule has 0 spiro atoms. The third-order valence-corrected chi connectivity index (χ3v) is 2.29. The maximum atomic E-state index is 2.29. The summed E-state index contributed by atoms with van der Waals surface area (Å²) in [7, 11) is 2.29. The standard InChI is InChI=1S/C7H18N.BrH.H2O/c1-5-8(4,6-2)7-3;;/h5-7H2,1-4H3;1H;1H2/q+1;;/p-1. The Balaban J connectivity index is -0.000000245. The molecule has 0 radical (unpaired) electrons. The molecule has 0 saturated heterocycles. The van der Waals surface area contributed by atoms with Gasteiger partial charge in [-0.25, -0.2) is 0 Å². The second-order valence-corrected chi connectivity index (χ2v) is 2.57. The summed E-state index contributed by atoms with van der Waals surface area (Å²) >= 11 is 0. The SMILES string of the molecule is CC[N+](C)(CC)CC.O.[Br-]. The van der Waals surface area contributed by atoms with Crippen LogP contribution in [0.4, 0.5) is 0 Å². The van der Waals surface area contributed by atoms with E-state index in [4.69, 9.17) is 0 Å². The zero-order valence-electron chi connectivity index (χ0n) is 7.45. The number of hydrogen-bond donors (Lipinski definition) is 0. The van der Waals surface area contributed by atoms with Crippen molar-refractivity contribution in [2.24, 2.45) is 0 Å². The summed E-state index contributed by atoms with van der Waals surface area (Å²) in [6.07, 6.45) is 0. The largest absolute Gasteiger partial charge is 1.00 e. The quantitative estimate of drug-likeness (QED) is 0.472. The Kier molecular flexibility index (Phi) is 12.6. The first kappa shape index (κ1) is 16.8. The zero-order chi connectivity index (χ0) is 6.62. The van der Waals surface area contributed by atoms with Crippen molar-refractivity contribution in [1.29, 1.82) is 0 Å². The van der Waals surface area contributed by atoms with Gasteiger partial charge in [0.2, 0.25) is 0 Å². The van der Waals surface area contributed by atoms with Crippen LogP contribution in [0.3, 0.4) is 0 Å². The van der Waals surface area contributed by atoms with Crippen LogP contribution >= 0.6 is 0 Å². The minimum atomic E-state index is 0. The molecule has 0 heterocycles. The van der Waals surface area contributed by atoms with Crippen LogP contribution in [0.15, 0.2) is 0 Å². The lowest BCUT2D eigenvalue weighted by Crippen LogP contribution is -3.00. The van der Waals surface area contributed by atoms with Crippen LogP contribution in [-0.4, -0.2) is 36.6 Å². The molecule has 0 unspecified atom stereocenters. The second-order valence-electron chi connectivity index (χ2n) is 2.57. The molecule has 0 aromatic rings. The summed E-state index contributed by atoms with van der Waals surface area (Å²) in [5.41, 5.74) is 0. The molecule has 3 heteroatoms. The normalized spacial score (nSPS) is 9.60. The van der Waals surface area contributed by atoms with Crippen molar-refractivity contribution in [2.45, 2.75) is 20.8 Å². The van der Waals surface area contributed by atoms with Gasteiger partial charge in [0, 0.05) is 0 Å². The fourth-order valence-electron chi connectivity index (χ4n) is 0.671. The smallest absolute Gasteiger partial charge is 0.0755 e. The van der Waals surface area contributed by atoms with Crippen molar-refractivity contribution >= 4 is 0 Å². The molecule has 0 amide bonds. The molecular weight excluding hydrogens is 194 g/mol. The highest BCUT2D eigenvalue weighted by Gasteiger charge is 2.10. The van der Waals surface area contributed by atoms with Gasteiger partial charge >= 0.3 is 0 Å². The Morgan fingerprint density at radius 3 is 1.10 bits per heavy atom. The van der Waals surface area contributed by atoms with Crippen LogP contribution in [-0.2, 0) is 0 Å². The van der Waals surface area contributed by atoms with E-state index in [1.54, 1.807) is 0 Å². The van der Waals surface area contributed by atoms with Gasteiger partial charge in [-0.2, -0.15) is 0 Å². The summed E-state index contributed by atoms with van der Waals surface area (Å²) < 4.78 is 1.21. The van der Waals surface area contributed by atoms with Gasteiger partial charge < -0.3 is 26.9 Å². The van der Waals surface area contributed by atoms with Gasteiger partial charge in [-0.15, -0.1) is 0 Å². The first-order valence-corrected chi connectivity index (χ1v) is 3.52. The number of nitrogens with zero attached hydrogens (tertiary/aromatic N) is 1. The molecule has 0 aromatic carbocycles. The van der Waals surface area contributed by atoms with E-state index in [1.165, 1.54) is 24.1 Å². The molecule has 66 valence electrons.